The third-order valence-electron chi connectivity index (χ3n) is 9.47. The van der Waals surface area contributed by atoms with Crippen molar-refractivity contribution in [3.63, 3.8) is 0 Å². The van der Waals surface area contributed by atoms with Gasteiger partial charge >= 0.3 is 7.12 Å². The summed E-state index contributed by atoms with van der Waals surface area (Å²) in [7, 11) is -1.51. The zero-order valence-electron chi connectivity index (χ0n) is 29.7. The molecule has 0 fully saturated rings. The van der Waals surface area contributed by atoms with E-state index in [0.29, 0.717) is 11.0 Å². The lowest BCUT2D eigenvalue weighted by Gasteiger charge is -2.07. The summed E-state index contributed by atoms with van der Waals surface area (Å²) in [6.45, 7) is 0. The van der Waals surface area contributed by atoms with E-state index in [1.165, 1.54) is 25.8 Å². The molecule has 0 saturated heterocycles. The molecule has 56 heavy (non-hydrogen) atoms. The van der Waals surface area contributed by atoms with E-state index in [2.05, 4.69) is 182 Å². The summed E-state index contributed by atoms with van der Waals surface area (Å²) in [5, 5.41) is 22.7. The van der Waals surface area contributed by atoms with Crippen LogP contribution in [0, 0.1) is 3.57 Å². The number of halogens is 3. The van der Waals surface area contributed by atoms with Crippen LogP contribution in [0.15, 0.2) is 200 Å². The van der Waals surface area contributed by atoms with Gasteiger partial charge in [0.15, 0.2) is 0 Å². The van der Waals surface area contributed by atoms with E-state index >= 15 is 0 Å². The summed E-state index contributed by atoms with van der Waals surface area (Å²) in [5.41, 5.74) is 10.8. The van der Waals surface area contributed by atoms with Gasteiger partial charge in [-0.3, -0.25) is 0 Å². The minimum absolute atomic E-state index is 0.397. The van der Waals surface area contributed by atoms with Gasteiger partial charge in [-0.05, 0) is 105 Å². The van der Waals surface area contributed by atoms with Gasteiger partial charge in [0.1, 0.15) is 22.3 Å². The second-order valence-corrected chi connectivity index (χ2v) is 16.2. The molecule has 2 aromatic heterocycles. The quantitative estimate of drug-likeness (QED) is 0.136. The van der Waals surface area contributed by atoms with Gasteiger partial charge in [-0.25, -0.2) is 0 Å². The predicted molar refractivity (Wildman–Crippen MR) is 248 cm³/mol. The number of hydrogen-bond acceptors (Lipinski definition) is 4. The SMILES string of the molecule is Brc1ccc(-c2cccc(-c3cccc4c3oc3ccccc34)c2)cc1.Brc1ccc(-c2cccc(I)c2)cc1.OB(O)c1cccc2c1oc1ccccc12. The zero-order valence-corrected chi connectivity index (χ0v) is 35.1. The maximum absolute atomic E-state index is 9.24. The van der Waals surface area contributed by atoms with Crippen LogP contribution in [0.25, 0.3) is 77.3 Å². The third-order valence-corrected chi connectivity index (χ3v) is 11.2. The van der Waals surface area contributed by atoms with Crippen molar-refractivity contribution in [1.29, 1.82) is 0 Å². The predicted octanol–water partition coefficient (Wildman–Crippen LogP) is 13.7. The maximum Gasteiger partial charge on any atom is 0.492 e. The molecule has 0 amide bonds. The summed E-state index contributed by atoms with van der Waals surface area (Å²) < 4.78 is 15.3. The highest BCUT2D eigenvalue weighted by Gasteiger charge is 2.18. The summed E-state index contributed by atoms with van der Waals surface area (Å²) in [6, 6.07) is 61.4. The Morgan fingerprint density at radius 3 is 1.46 bits per heavy atom. The van der Waals surface area contributed by atoms with Crippen molar-refractivity contribution in [2.24, 2.45) is 0 Å². The summed E-state index contributed by atoms with van der Waals surface area (Å²) in [4.78, 5) is 0. The number of hydrogen-bond donors (Lipinski definition) is 2. The first-order valence-electron chi connectivity index (χ1n) is 17.9. The fraction of sp³-hybridized carbons (Fsp3) is 0. The number of furan rings is 2. The van der Waals surface area contributed by atoms with Gasteiger partial charge in [-0.15, -0.1) is 0 Å². The number of rotatable bonds is 4. The molecule has 0 aliphatic heterocycles. The van der Waals surface area contributed by atoms with Crippen molar-refractivity contribution < 1.29 is 18.9 Å². The van der Waals surface area contributed by atoms with Crippen LogP contribution in [0.4, 0.5) is 0 Å². The van der Waals surface area contributed by atoms with Crippen LogP contribution < -0.4 is 5.46 Å². The Morgan fingerprint density at radius 2 is 0.875 bits per heavy atom. The maximum atomic E-state index is 9.24. The van der Waals surface area contributed by atoms with Crippen LogP contribution in [0.5, 0.6) is 0 Å². The molecule has 0 bridgehead atoms. The number of para-hydroxylation sites is 4. The molecule has 0 spiro atoms. The first-order valence-corrected chi connectivity index (χ1v) is 20.5. The second kappa shape index (κ2) is 17.0. The molecule has 8 heteroatoms. The summed E-state index contributed by atoms with van der Waals surface area (Å²) in [6.07, 6.45) is 0. The highest BCUT2D eigenvalue weighted by molar-refractivity contribution is 14.1. The van der Waals surface area contributed by atoms with Gasteiger partial charge in [0.25, 0.3) is 0 Å². The third kappa shape index (κ3) is 8.26. The molecule has 0 atom stereocenters. The van der Waals surface area contributed by atoms with Crippen LogP contribution in [0.1, 0.15) is 0 Å². The molecule has 272 valence electrons. The lowest BCUT2D eigenvalue weighted by Crippen LogP contribution is -2.29. The zero-order chi connectivity index (χ0) is 38.6. The lowest BCUT2D eigenvalue weighted by atomic mass is 9.79. The molecule has 0 unspecified atom stereocenters. The van der Waals surface area contributed by atoms with Gasteiger partial charge in [0.2, 0.25) is 0 Å². The Morgan fingerprint density at radius 1 is 0.411 bits per heavy atom. The van der Waals surface area contributed by atoms with E-state index in [9.17, 15) is 10.0 Å². The minimum Gasteiger partial charge on any atom is -0.456 e. The largest absolute Gasteiger partial charge is 0.492 e. The molecule has 10 aromatic rings. The van der Waals surface area contributed by atoms with E-state index < -0.39 is 7.12 Å². The average Bonchev–Trinajstić information content (AvgIpc) is 3.81. The minimum atomic E-state index is -1.51. The topological polar surface area (TPSA) is 66.7 Å². The molecular weight excluding hydrogens is 938 g/mol. The van der Waals surface area contributed by atoms with Gasteiger partial charge in [-0.2, -0.15) is 0 Å². The lowest BCUT2D eigenvalue weighted by molar-refractivity contribution is 0.425. The molecule has 0 aliphatic rings. The van der Waals surface area contributed by atoms with Crippen LogP contribution in [0.2, 0.25) is 0 Å². The van der Waals surface area contributed by atoms with Crippen molar-refractivity contribution in [3.8, 4) is 33.4 Å². The van der Waals surface area contributed by atoms with Gasteiger partial charge in [0.05, 0.1) is 0 Å². The first-order chi connectivity index (χ1) is 27.3. The monoisotopic (exact) mass is 968 g/mol. The van der Waals surface area contributed by atoms with Crippen molar-refractivity contribution in [3.05, 3.63) is 195 Å². The highest BCUT2D eigenvalue weighted by Crippen LogP contribution is 2.37. The number of benzene rings is 8. The molecule has 4 nitrogen and oxygen atoms in total. The molecule has 10 rings (SSSR count). The summed E-state index contributed by atoms with van der Waals surface area (Å²) >= 11 is 9.26. The summed E-state index contributed by atoms with van der Waals surface area (Å²) in [5.74, 6) is 0. The Hall–Kier alpha value is -4.97. The molecule has 2 heterocycles. The van der Waals surface area contributed by atoms with E-state index in [1.54, 1.807) is 12.1 Å². The smallest absolute Gasteiger partial charge is 0.456 e. The van der Waals surface area contributed by atoms with E-state index in [0.717, 1.165) is 58.4 Å². The van der Waals surface area contributed by atoms with Crippen LogP contribution >= 0.6 is 54.5 Å². The van der Waals surface area contributed by atoms with Crippen molar-refractivity contribution in [1.82, 2.24) is 0 Å². The number of fused-ring (bicyclic) bond motifs is 6. The van der Waals surface area contributed by atoms with Crippen LogP contribution in [-0.2, 0) is 0 Å². The molecule has 0 aliphatic carbocycles. The van der Waals surface area contributed by atoms with Crippen LogP contribution in [0.3, 0.4) is 0 Å². The van der Waals surface area contributed by atoms with Gasteiger partial charge in [-0.1, -0.05) is 159 Å². The standard InChI is InChI=1S/C24H15BrO.C12H9BO3.C12H8BrI/c25-19-13-11-16(12-14-19)17-5-3-6-18(15-17)20-8-4-9-22-21-7-1-2-10-23(21)26-24(20)22;14-13(15)10-6-3-5-9-8-4-1-2-7-11(8)16-12(9)10;13-11-6-4-9(5-7-11)10-2-1-3-12(14)8-10/h1-15H;1-7,14-15H;1-8H. The van der Waals surface area contributed by atoms with Crippen molar-refractivity contribution in [2.75, 3.05) is 0 Å². The van der Waals surface area contributed by atoms with E-state index in [1.807, 2.05) is 42.5 Å². The van der Waals surface area contributed by atoms with E-state index in [4.69, 9.17) is 8.83 Å². The van der Waals surface area contributed by atoms with Gasteiger partial charge in [0, 0.05) is 45.1 Å². The highest BCUT2D eigenvalue weighted by atomic mass is 127. The Balaban J connectivity index is 0.000000126. The van der Waals surface area contributed by atoms with Crippen LogP contribution in [-0.4, -0.2) is 17.2 Å². The molecular formula is C48H32BBr2IO4. The van der Waals surface area contributed by atoms with Crippen molar-refractivity contribution >= 4 is 111 Å². The fourth-order valence-corrected chi connectivity index (χ4v) is 7.84. The van der Waals surface area contributed by atoms with Crippen molar-refractivity contribution in [2.45, 2.75) is 0 Å². The molecule has 2 N–H and O–H groups in total. The Labute approximate surface area is 355 Å². The fourth-order valence-electron chi connectivity index (χ4n) is 6.77. The van der Waals surface area contributed by atoms with Gasteiger partial charge < -0.3 is 18.9 Å². The molecule has 0 radical (unpaired) electrons. The average molecular weight is 970 g/mol. The Bertz CT molecular complexity index is 2940. The normalized spacial score (nSPS) is 10.9. The molecule has 8 aromatic carbocycles. The van der Waals surface area contributed by atoms with E-state index in [-0.39, 0.29) is 0 Å². The first kappa shape index (κ1) is 37.9. The second-order valence-electron chi connectivity index (χ2n) is 13.1. The molecule has 0 saturated carbocycles. The Kier molecular flexibility index (Phi) is 11.5.